The van der Waals surface area contributed by atoms with Crippen LogP contribution in [0, 0.1) is 0 Å². The number of β-amino-alcohol motifs (C(OH)–C–C–N with tert-alkyl or cyclic N) is 1. The molecule has 4 atom stereocenters. The van der Waals surface area contributed by atoms with Crippen molar-refractivity contribution in [3.05, 3.63) is 71.8 Å². The zero-order valence-corrected chi connectivity index (χ0v) is 22.0. The van der Waals surface area contributed by atoms with Gasteiger partial charge in [-0.25, -0.2) is 9.59 Å². The number of benzene rings is 2. The van der Waals surface area contributed by atoms with Gasteiger partial charge in [-0.05, 0) is 24.5 Å². The molecule has 2 aromatic rings. The first-order valence-corrected chi connectivity index (χ1v) is 12.8. The second-order valence-electron chi connectivity index (χ2n) is 9.41. The molecule has 4 N–H and O–H groups in total. The molecule has 214 valence electrons. The number of amides is 3. The van der Waals surface area contributed by atoms with Crippen molar-refractivity contribution in [3.8, 4) is 0 Å². The van der Waals surface area contributed by atoms with E-state index in [2.05, 4.69) is 10.6 Å². The number of carbonyl (C=O) groups is 5. The Morgan fingerprint density at radius 2 is 1.50 bits per heavy atom. The molecule has 12 nitrogen and oxygen atoms in total. The molecule has 12 heteroatoms. The third-order valence-corrected chi connectivity index (χ3v) is 6.25. The van der Waals surface area contributed by atoms with Crippen molar-refractivity contribution in [2.24, 2.45) is 0 Å². The van der Waals surface area contributed by atoms with Gasteiger partial charge >= 0.3 is 18.0 Å². The number of alkyl carbamates (subject to hydrolysis) is 1. The van der Waals surface area contributed by atoms with E-state index in [1.54, 1.807) is 54.6 Å². The molecule has 0 saturated carbocycles. The van der Waals surface area contributed by atoms with Crippen molar-refractivity contribution < 1.29 is 43.7 Å². The summed E-state index contributed by atoms with van der Waals surface area (Å²) in [4.78, 5) is 63.4. The number of carboxylic acids is 1. The fourth-order valence-electron chi connectivity index (χ4n) is 4.17. The molecule has 0 unspecified atom stereocenters. The Morgan fingerprint density at radius 1 is 0.925 bits per heavy atom. The number of carboxylic acid groups (broad SMARTS) is 1. The first kappa shape index (κ1) is 30.1. The maximum Gasteiger partial charge on any atom is 0.408 e. The minimum Gasteiger partial charge on any atom is -0.481 e. The molecule has 3 amide bonds. The van der Waals surface area contributed by atoms with E-state index in [1.807, 2.05) is 6.07 Å². The topological polar surface area (TPSA) is 172 Å². The van der Waals surface area contributed by atoms with E-state index in [4.69, 9.17) is 14.6 Å². The SMILES string of the molecule is C[C@H](NC(=O)OCc1ccccc1)C(=O)N1C[C@@H](O)C[C@H]1C(=O)N[C@@H](CCC(=O)O)C(=O)OCc1ccccc1. The molecule has 0 bridgehead atoms. The smallest absolute Gasteiger partial charge is 0.408 e. The van der Waals surface area contributed by atoms with Crippen LogP contribution in [0.4, 0.5) is 4.79 Å². The molecule has 0 radical (unpaired) electrons. The predicted octanol–water partition coefficient (Wildman–Crippen LogP) is 1.36. The number of rotatable bonds is 12. The number of ether oxygens (including phenoxy) is 2. The quantitative estimate of drug-likeness (QED) is 0.282. The Labute approximate surface area is 231 Å². The van der Waals surface area contributed by atoms with Gasteiger partial charge in [0, 0.05) is 19.4 Å². The van der Waals surface area contributed by atoms with Gasteiger partial charge in [-0.15, -0.1) is 0 Å². The molecular formula is C28H33N3O9. The summed E-state index contributed by atoms with van der Waals surface area (Å²) in [5.41, 5.74) is 1.47. The van der Waals surface area contributed by atoms with Crippen LogP contribution < -0.4 is 10.6 Å². The third kappa shape index (κ3) is 9.09. The Bertz CT molecular complexity index is 1180. The Kier molecular flexibility index (Phi) is 11.0. The number of nitrogens with zero attached hydrogens (tertiary/aromatic N) is 1. The molecule has 2 aromatic carbocycles. The molecule has 1 heterocycles. The normalized spacial score (nSPS) is 17.8. The monoisotopic (exact) mass is 555 g/mol. The van der Waals surface area contributed by atoms with Crippen LogP contribution >= 0.6 is 0 Å². The van der Waals surface area contributed by atoms with Gasteiger partial charge in [-0.3, -0.25) is 14.4 Å². The highest BCUT2D eigenvalue weighted by Gasteiger charge is 2.41. The van der Waals surface area contributed by atoms with Crippen molar-refractivity contribution in [1.82, 2.24) is 15.5 Å². The van der Waals surface area contributed by atoms with Crippen molar-refractivity contribution in [2.45, 2.75) is 63.6 Å². The largest absolute Gasteiger partial charge is 0.481 e. The number of nitrogens with one attached hydrogen (secondary N) is 2. The minimum absolute atomic E-state index is 0.000847. The van der Waals surface area contributed by atoms with E-state index < -0.39 is 60.5 Å². The second-order valence-corrected chi connectivity index (χ2v) is 9.41. The maximum atomic E-state index is 13.2. The van der Waals surface area contributed by atoms with E-state index in [0.717, 1.165) is 10.5 Å². The zero-order valence-electron chi connectivity index (χ0n) is 22.0. The number of hydrogen-bond donors (Lipinski definition) is 4. The fourth-order valence-corrected chi connectivity index (χ4v) is 4.17. The van der Waals surface area contributed by atoms with Crippen LogP contribution in [0.2, 0.25) is 0 Å². The van der Waals surface area contributed by atoms with Crippen LogP contribution in [0.1, 0.15) is 37.3 Å². The Balaban J connectivity index is 1.60. The van der Waals surface area contributed by atoms with Gasteiger partial charge in [0.1, 0.15) is 31.3 Å². The highest BCUT2D eigenvalue weighted by atomic mass is 16.5. The minimum atomic E-state index is -1.29. The Hall–Kier alpha value is -4.45. The number of carbonyl (C=O) groups excluding carboxylic acids is 4. The van der Waals surface area contributed by atoms with Crippen molar-refractivity contribution in [1.29, 1.82) is 0 Å². The molecule has 3 rings (SSSR count). The van der Waals surface area contributed by atoms with Crippen molar-refractivity contribution in [3.63, 3.8) is 0 Å². The lowest BCUT2D eigenvalue weighted by molar-refractivity contribution is -0.150. The first-order valence-electron chi connectivity index (χ1n) is 12.8. The number of hydrogen-bond acceptors (Lipinski definition) is 8. The molecule has 1 fully saturated rings. The average Bonchev–Trinajstić information content (AvgIpc) is 3.34. The van der Waals surface area contributed by atoms with Crippen LogP contribution in [-0.2, 0) is 41.9 Å². The van der Waals surface area contributed by atoms with Crippen LogP contribution in [0.15, 0.2) is 60.7 Å². The molecule has 1 aliphatic heterocycles. The zero-order chi connectivity index (χ0) is 29.1. The van der Waals surface area contributed by atoms with E-state index in [-0.39, 0.29) is 32.6 Å². The van der Waals surface area contributed by atoms with E-state index in [1.165, 1.54) is 6.92 Å². The van der Waals surface area contributed by atoms with Crippen LogP contribution in [0.5, 0.6) is 0 Å². The molecule has 40 heavy (non-hydrogen) atoms. The summed E-state index contributed by atoms with van der Waals surface area (Å²) < 4.78 is 10.4. The van der Waals surface area contributed by atoms with Gasteiger partial charge in [0.25, 0.3) is 0 Å². The molecule has 0 aromatic heterocycles. The van der Waals surface area contributed by atoms with Gasteiger partial charge in [-0.1, -0.05) is 60.7 Å². The molecule has 0 spiro atoms. The number of aliphatic carboxylic acids is 1. The molecule has 1 aliphatic rings. The van der Waals surface area contributed by atoms with Crippen molar-refractivity contribution >= 4 is 29.8 Å². The lowest BCUT2D eigenvalue weighted by Crippen LogP contribution is -2.54. The third-order valence-electron chi connectivity index (χ3n) is 6.25. The van der Waals surface area contributed by atoms with Gasteiger partial charge in [0.15, 0.2) is 0 Å². The lowest BCUT2D eigenvalue weighted by atomic mass is 10.1. The highest BCUT2D eigenvalue weighted by molar-refractivity contribution is 5.93. The van der Waals surface area contributed by atoms with Crippen LogP contribution in [-0.4, -0.2) is 75.7 Å². The van der Waals surface area contributed by atoms with Crippen LogP contribution in [0.3, 0.4) is 0 Å². The first-order chi connectivity index (χ1) is 19.1. The number of aliphatic hydroxyl groups excluding tert-OH is 1. The summed E-state index contributed by atoms with van der Waals surface area (Å²) in [6, 6.07) is 14.3. The number of aliphatic hydroxyl groups is 1. The van der Waals surface area contributed by atoms with E-state index >= 15 is 0 Å². The molecule has 1 saturated heterocycles. The van der Waals surface area contributed by atoms with E-state index in [0.29, 0.717) is 5.56 Å². The average molecular weight is 556 g/mol. The van der Waals surface area contributed by atoms with Crippen molar-refractivity contribution in [2.75, 3.05) is 6.54 Å². The number of likely N-dealkylation sites (tertiary alicyclic amines) is 1. The van der Waals surface area contributed by atoms with Gasteiger partial charge in [0.05, 0.1) is 6.10 Å². The summed E-state index contributed by atoms with van der Waals surface area (Å²) in [5.74, 6) is -3.38. The van der Waals surface area contributed by atoms with Gasteiger partial charge in [-0.2, -0.15) is 0 Å². The Morgan fingerprint density at radius 3 is 2.08 bits per heavy atom. The summed E-state index contributed by atoms with van der Waals surface area (Å²) in [7, 11) is 0. The fraction of sp³-hybridized carbons (Fsp3) is 0.393. The summed E-state index contributed by atoms with van der Waals surface area (Å²) in [5, 5.41) is 24.2. The highest BCUT2D eigenvalue weighted by Crippen LogP contribution is 2.20. The summed E-state index contributed by atoms with van der Waals surface area (Å²) in [6.07, 6.45) is -2.59. The standard InChI is InChI=1S/C28H33N3O9/c1-18(29-28(38)40-17-20-10-6-3-7-11-20)26(36)31-15-21(32)14-23(31)25(35)30-22(12-13-24(33)34)27(37)39-16-19-8-4-2-5-9-19/h2-11,18,21-23,32H,12-17H2,1H3,(H,29,38)(H,30,35)(H,33,34)/t18-,21-,22-,23-/m0/s1. The molecular weight excluding hydrogens is 522 g/mol. The molecule has 0 aliphatic carbocycles. The predicted molar refractivity (Wildman–Crippen MR) is 140 cm³/mol. The second kappa shape index (κ2) is 14.6. The van der Waals surface area contributed by atoms with E-state index in [9.17, 15) is 29.1 Å². The van der Waals surface area contributed by atoms with Crippen LogP contribution in [0.25, 0.3) is 0 Å². The maximum absolute atomic E-state index is 13.2. The summed E-state index contributed by atoms with van der Waals surface area (Å²) in [6.45, 7) is 1.18. The lowest BCUT2D eigenvalue weighted by Gasteiger charge is -2.28. The summed E-state index contributed by atoms with van der Waals surface area (Å²) >= 11 is 0. The van der Waals surface area contributed by atoms with Gasteiger partial charge in [0.2, 0.25) is 11.8 Å². The van der Waals surface area contributed by atoms with Gasteiger partial charge < -0.3 is 35.2 Å². The number of esters is 1.